The molecule has 0 aliphatic carbocycles. The van der Waals surface area contributed by atoms with E-state index in [1.165, 1.54) is 0 Å². The maximum atomic E-state index is 11.4. The molecule has 104 valence electrons. The number of nitrogens with one attached hydrogen (secondary N) is 2. The number of aromatic carboxylic acids is 1. The van der Waals surface area contributed by atoms with Crippen LogP contribution in [0.5, 0.6) is 0 Å². The second kappa shape index (κ2) is 7.41. The molecule has 1 rings (SSSR count). The van der Waals surface area contributed by atoms with Crippen LogP contribution >= 0.6 is 0 Å². The van der Waals surface area contributed by atoms with E-state index in [2.05, 4.69) is 10.6 Å². The Hall–Kier alpha value is -2.04. The van der Waals surface area contributed by atoms with E-state index >= 15 is 0 Å². The van der Waals surface area contributed by atoms with Gasteiger partial charge in [0.1, 0.15) is 0 Å². The Morgan fingerprint density at radius 3 is 2.63 bits per heavy atom. The molecule has 0 atom stereocenters. The predicted octanol–water partition coefficient (Wildman–Crippen LogP) is 2.02. The summed E-state index contributed by atoms with van der Waals surface area (Å²) in [5.74, 6) is -1.00. The van der Waals surface area contributed by atoms with Crippen LogP contribution in [0.3, 0.4) is 0 Å². The standard InChI is InChI=1S/C14H20N2O3/c1-3-7-16-13(17)6-8-15-12-5-4-10(2)9-11(12)14(18)19/h4-5,9,15H,3,6-8H2,1-2H3,(H,16,17)(H,18,19). The fourth-order valence-corrected chi connectivity index (χ4v) is 1.65. The van der Waals surface area contributed by atoms with Crippen LogP contribution in [0.15, 0.2) is 18.2 Å². The Kier molecular flexibility index (Phi) is 5.85. The summed E-state index contributed by atoms with van der Waals surface area (Å²) in [5.41, 5.74) is 1.67. The molecule has 1 aromatic carbocycles. The molecule has 3 N–H and O–H groups in total. The van der Waals surface area contributed by atoms with Gasteiger partial charge in [0, 0.05) is 25.2 Å². The van der Waals surface area contributed by atoms with E-state index in [1.807, 2.05) is 19.9 Å². The molecule has 1 aromatic rings. The highest BCUT2D eigenvalue weighted by molar-refractivity contribution is 5.94. The number of carboxylic acid groups (broad SMARTS) is 1. The molecule has 1 amide bonds. The van der Waals surface area contributed by atoms with Gasteiger partial charge >= 0.3 is 5.97 Å². The van der Waals surface area contributed by atoms with Gasteiger partial charge < -0.3 is 15.7 Å². The molecule has 5 heteroatoms. The topological polar surface area (TPSA) is 78.4 Å². The Bertz CT molecular complexity index is 458. The first kappa shape index (κ1) is 15.0. The Balaban J connectivity index is 2.53. The maximum Gasteiger partial charge on any atom is 0.337 e. The number of carboxylic acids is 1. The van der Waals surface area contributed by atoms with Crippen molar-refractivity contribution in [3.63, 3.8) is 0 Å². The molecule has 0 spiro atoms. The molecule has 0 radical (unpaired) electrons. The van der Waals surface area contributed by atoms with E-state index in [9.17, 15) is 9.59 Å². The van der Waals surface area contributed by atoms with E-state index in [4.69, 9.17) is 5.11 Å². The normalized spacial score (nSPS) is 10.0. The van der Waals surface area contributed by atoms with Gasteiger partial charge in [0.2, 0.25) is 5.91 Å². The first-order valence-corrected chi connectivity index (χ1v) is 6.39. The third-order valence-corrected chi connectivity index (χ3v) is 2.65. The van der Waals surface area contributed by atoms with Crippen molar-refractivity contribution in [2.24, 2.45) is 0 Å². The van der Waals surface area contributed by atoms with E-state index in [0.29, 0.717) is 25.2 Å². The molecule has 0 aliphatic heterocycles. The molecular weight excluding hydrogens is 244 g/mol. The minimum absolute atomic E-state index is 0.0293. The number of carbonyl (C=O) groups excluding carboxylic acids is 1. The molecule has 0 saturated carbocycles. The van der Waals surface area contributed by atoms with E-state index in [-0.39, 0.29) is 11.5 Å². The molecule has 5 nitrogen and oxygen atoms in total. The van der Waals surface area contributed by atoms with Crippen LogP contribution in [0, 0.1) is 6.92 Å². The van der Waals surface area contributed by atoms with Crippen molar-refractivity contribution < 1.29 is 14.7 Å². The second-order valence-corrected chi connectivity index (χ2v) is 4.38. The lowest BCUT2D eigenvalue weighted by Crippen LogP contribution is -2.26. The van der Waals surface area contributed by atoms with Gasteiger partial charge in [-0.3, -0.25) is 4.79 Å². The van der Waals surface area contributed by atoms with Gasteiger partial charge in [0.15, 0.2) is 0 Å². The smallest absolute Gasteiger partial charge is 0.337 e. The van der Waals surface area contributed by atoms with Gasteiger partial charge in [-0.25, -0.2) is 4.79 Å². The Labute approximate surface area is 113 Å². The SMILES string of the molecule is CCCNC(=O)CCNc1ccc(C)cc1C(=O)O. The highest BCUT2D eigenvalue weighted by Crippen LogP contribution is 2.17. The molecule has 0 aromatic heterocycles. The minimum Gasteiger partial charge on any atom is -0.478 e. The summed E-state index contributed by atoms with van der Waals surface area (Å²) in [6.07, 6.45) is 1.23. The first-order chi connectivity index (χ1) is 9.04. The van der Waals surface area contributed by atoms with Crippen molar-refractivity contribution in [1.82, 2.24) is 5.32 Å². The summed E-state index contributed by atoms with van der Waals surface area (Å²) in [5, 5.41) is 14.9. The van der Waals surface area contributed by atoms with E-state index < -0.39 is 5.97 Å². The quantitative estimate of drug-likeness (QED) is 0.704. The number of rotatable bonds is 7. The number of hydrogen-bond acceptors (Lipinski definition) is 3. The van der Waals surface area contributed by atoms with Crippen LogP contribution in [-0.4, -0.2) is 30.1 Å². The van der Waals surface area contributed by atoms with Crippen LogP contribution in [0.25, 0.3) is 0 Å². The molecule has 0 heterocycles. The summed E-state index contributed by atoms with van der Waals surface area (Å²) in [4.78, 5) is 22.5. The van der Waals surface area contributed by atoms with Gasteiger partial charge in [-0.1, -0.05) is 18.6 Å². The zero-order valence-corrected chi connectivity index (χ0v) is 11.3. The molecule has 0 unspecified atom stereocenters. The van der Waals surface area contributed by atoms with Gasteiger partial charge in [-0.05, 0) is 25.5 Å². The van der Waals surface area contributed by atoms with Crippen molar-refractivity contribution in [3.8, 4) is 0 Å². The summed E-state index contributed by atoms with van der Waals surface area (Å²) < 4.78 is 0. The highest BCUT2D eigenvalue weighted by atomic mass is 16.4. The second-order valence-electron chi connectivity index (χ2n) is 4.38. The fourth-order valence-electron chi connectivity index (χ4n) is 1.65. The average molecular weight is 264 g/mol. The third kappa shape index (κ3) is 4.99. The number of anilines is 1. The van der Waals surface area contributed by atoms with E-state index in [0.717, 1.165) is 12.0 Å². The monoisotopic (exact) mass is 264 g/mol. The lowest BCUT2D eigenvalue weighted by Gasteiger charge is -2.10. The summed E-state index contributed by atoms with van der Waals surface area (Å²) in [6, 6.07) is 5.18. The van der Waals surface area contributed by atoms with Gasteiger partial charge in [0.25, 0.3) is 0 Å². The molecular formula is C14H20N2O3. The molecule has 0 bridgehead atoms. The number of hydrogen-bond donors (Lipinski definition) is 3. The van der Waals surface area contributed by atoms with Gasteiger partial charge in [0.05, 0.1) is 5.56 Å². The van der Waals surface area contributed by atoms with Crippen LogP contribution in [0.4, 0.5) is 5.69 Å². The summed E-state index contributed by atoms with van der Waals surface area (Å²) in [7, 11) is 0. The maximum absolute atomic E-state index is 11.4. The highest BCUT2D eigenvalue weighted by Gasteiger charge is 2.10. The number of amides is 1. The molecule has 0 fully saturated rings. The molecule has 0 aliphatic rings. The van der Waals surface area contributed by atoms with Crippen molar-refractivity contribution in [1.29, 1.82) is 0 Å². The first-order valence-electron chi connectivity index (χ1n) is 6.39. The van der Waals surface area contributed by atoms with E-state index in [1.54, 1.807) is 12.1 Å². The lowest BCUT2D eigenvalue weighted by molar-refractivity contribution is -0.120. The number of benzene rings is 1. The van der Waals surface area contributed by atoms with Crippen molar-refractivity contribution >= 4 is 17.6 Å². The van der Waals surface area contributed by atoms with Crippen LogP contribution < -0.4 is 10.6 Å². The molecule has 19 heavy (non-hydrogen) atoms. The van der Waals surface area contributed by atoms with Crippen molar-refractivity contribution in [3.05, 3.63) is 29.3 Å². The van der Waals surface area contributed by atoms with Crippen molar-refractivity contribution in [2.75, 3.05) is 18.4 Å². The largest absolute Gasteiger partial charge is 0.478 e. The number of carbonyl (C=O) groups is 2. The average Bonchev–Trinajstić information content (AvgIpc) is 2.37. The van der Waals surface area contributed by atoms with Crippen LogP contribution in [-0.2, 0) is 4.79 Å². The zero-order chi connectivity index (χ0) is 14.3. The fraction of sp³-hybridized carbons (Fsp3) is 0.429. The predicted molar refractivity (Wildman–Crippen MR) is 74.5 cm³/mol. The van der Waals surface area contributed by atoms with Crippen LogP contribution in [0.2, 0.25) is 0 Å². The summed E-state index contributed by atoms with van der Waals surface area (Å²) >= 11 is 0. The molecule has 0 saturated heterocycles. The van der Waals surface area contributed by atoms with Crippen LogP contribution in [0.1, 0.15) is 35.7 Å². The number of aryl methyl sites for hydroxylation is 1. The van der Waals surface area contributed by atoms with Gasteiger partial charge in [-0.2, -0.15) is 0 Å². The Morgan fingerprint density at radius 2 is 2.00 bits per heavy atom. The lowest BCUT2D eigenvalue weighted by atomic mass is 10.1. The Morgan fingerprint density at radius 1 is 1.26 bits per heavy atom. The van der Waals surface area contributed by atoms with Gasteiger partial charge in [-0.15, -0.1) is 0 Å². The summed E-state index contributed by atoms with van der Waals surface area (Å²) in [6.45, 7) is 4.92. The van der Waals surface area contributed by atoms with Crippen molar-refractivity contribution in [2.45, 2.75) is 26.7 Å². The minimum atomic E-state index is -0.971. The zero-order valence-electron chi connectivity index (χ0n) is 11.3. The third-order valence-electron chi connectivity index (χ3n) is 2.65.